The fraction of sp³-hybridized carbons (Fsp3) is 0.529. The van der Waals surface area contributed by atoms with Gasteiger partial charge in [-0.2, -0.15) is 0 Å². The Bertz CT molecular complexity index is 1910. The molecule has 0 spiro atoms. The summed E-state index contributed by atoms with van der Waals surface area (Å²) in [5.74, 6) is -0.763. The van der Waals surface area contributed by atoms with Gasteiger partial charge in [0.2, 0.25) is 0 Å². The number of aromatic nitrogens is 3. The topological polar surface area (TPSA) is 224 Å². The molecule has 2 aromatic carbocycles. The van der Waals surface area contributed by atoms with E-state index in [0.29, 0.717) is 49.7 Å². The standard InChI is InChI=1S/C34H43FN6O11S/c1-19(52-26-7-8-27(53(2,47)48)30-22(26)16-23(35)31(30)43)51-15-14-50-13-12-49-11-10-40-18-20(38-39-40)17-36-24-5-3-4-21-29(24)34(46)41(33(21)45)25-6-9-28(42)37-32(25)44/h3-5,7-8,18-19,23,25,28,31-32,36-37,42-44H,6,9-17H2,1-2H3/t19?,23-,25?,28?,31+,32?/m0/s1. The maximum atomic E-state index is 14.3. The number of imide groups is 1. The molecular weight excluding hydrogens is 719 g/mol. The Morgan fingerprint density at radius 3 is 2.55 bits per heavy atom. The zero-order valence-electron chi connectivity index (χ0n) is 29.2. The van der Waals surface area contributed by atoms with Crippen molar-refractivity contribution in [2.45, 2.75) is 81.2 Å². The van der Waals surface area contributed by atoms with E-state index in [-0.39, 0.29) is 59.9 Å². The summed E-state index contributed by atoms with van der Waals surface area (Å²) >= 11 is 0. The number of fused-ring (bicyclic) bond motifs is 2. The molecule has 1 aliphatic carbocycles. The molecule has 4 unspecified atom stereocenters. The quantitative estimate of drug-likeness (QED) is 0.0725. The summed E-state index contributed by atoms with van der Waals surface area (Å²) in [4.78, 5) is 27.4. The van der Waals surface area contributed by atoms with Gasteiger partial charge in [0.1, 0.15) is 36.2 Å². The van der Waals surface area contributed by atoms with Crippen molar-refractivity contribution in [1.29, 1.82) is 0 Å². The molecule has 17 nitrogen and oxygen atoms in total. The van der Waals surface area contributed by atoms with Crippen LogP contribution in [-0.4, -0.2) is 126 Å². The number of hydrogen-bond donors (Lipinski definition) is 5. The number of alkyl halides is 1. The van der Waals surface area contributed by atoms with Gasteiger partial charge in [0.25, 0.3) is 11.8 Å². The number of benzene rings is 2. The number of nitrogens with one attached hydrogen (secondary N) is 2. The van der Waals surface area contributed by atoms with Crippen LogP contribution in [0.2, 0.25) is 0 Å². The van der Waals surface area contributed by atoms with Gasteiger partial charge < -0.3 is 39.6 Å². The third kappa shape index (κ3) is 8.68. The Kier molecular flexibility index (Phi) is 12.0. The molecular formula is C34H43FN6O11S. The van der Waals surface area contributed by atoms with Gasteiger partial charge in [0.15, 0.2) is 16.1 Å². The molecule has 1 aromatic heterocycles. The molecule has 6 atom stereocenters. The van der Waals surface area contributed by atoms with E-state index in [2.05, 4.69) is 20.9 Å². The van der Waals surface area contributed by atoms with Crippen LogP contribution in [0.3, 0.4) is 0 Å². The van der Waals surface area contributed by atoms with Gasteiger partial charge >= 0.3 is 0 Å². The molecule has 19 heteroatoms. The van der Waals surface area contributed by atoms with Crippen LogP contribution in [0, 0.1) is 0 Å². The number of anilines is 1. The molecule has 5 N–H and O–H groups in total. The Morgan fingerprint density at radius 1 is 1.04 bits per heavy atom. The number of carbonyl (C=O) groups is 2. The minimum absolute atomic E-state index is 0.0328. The van der Waals surface area contributed by atoms with Crippen LogP contribution in [0.1, 0.15) is 63.4 Å². The number of carbonyl (C=O) groups excluding carboxylic acids is 2. The highest BCUT2D eigenvalue weighted by Gasteiger charge is 2.45. The normalized spacial score (nSPS) is 23.3. The van der Waals surface area contributed by atoms with Crippen LogP contribution in [0.5, 0.6) is 5.75 Å². The lowest BCUT2D eigenvalue weighted by atomic mass is 10.0. The average molecular weight is 763 g/mol. The molecule has 0 saturated carbocycles. The molecule has 1 fully saturated rings. The fourth-order valence-electron chi connectivity index (χ4n) is 6.66. The summed E-state index contributed by atoms with van der Waals surface area (Å²) in [5, 5.41) is 44.4. The van der Waals surface area contributed by atoms with Crippen molar-refractivity contribution in [3.63, 3.8) is 0 Å². The van der Waals surface area contributed by atoms with Crippen molar-refractivity contribution in [2.24, 2.45) is 0 Å². The molecule has 288 valence electrons. The van der Waals surface area contributed by atoms with Crippen molar-refractivity contribution in [3.05, 3.63) is 64.5 Å². The van der Waals surface area contributed by atoms with Crippen LogP contribution >= 0.6 is 0 Å². The Balaban J connectivity index is 0.871. The number of ether oxygens (including phenoxy) is 4. The number of aliphatic hydroxyl groups is 3. The molecule has 3 heterocycles. The maximum Gasteiger partial charge on any atom is 0.264 e. The second-order valence-electron chi connectivity index (χ2n) is 13.0. The van der Waals surface area contributed by atoms with Gasteiger partial charge in [-0.15, -0.1) is 5.10 Å². The fourth-order valence-corrected chi connectivity index (χ4v) is 7.62. The SMILES string of the molecule is CC(OCCOCCOCCn1cc(CNc2cccc3c2C(=O)N(C2CCC(O)NC2O)C3=O)nn1)Oc1ccc(S(C)(=O)=O)c2c1C[C@H](F)[C@H]2O. The zero-order valence-corrected chi connectivity index (χ0v) is 30.0. The minimum atomic E-state index is -3.67. The highest BCUT2D eigenvalue weighted by atomic mass is 32.2. The number of amides is 2. The van der Waals surface area contributed by atoms with E-state index in [1.807, 2.05) is 0 Å². The highest BCUT2D eigenvalue weighted by Crippen LogP contribution is 2.43. The lowest BCUT2D eigenvalue weighted by Gasteiger charge is -2.36. The van der Waals surface area contributed by atoms with Crippen molar-refractivity contribution in [3.8, 4) is 5.75 Å². The van der Waals surface area contributed by atoms with E-state index in [9.17, 15) is 37.7 Å². The first-order chi connectivity index (χ1) is 25.3. The largest absolute Gasteiger partial charge is 0.465 e. The minimum Gasteiger partial charge on any atom is -0.465 e. The van der Waals surface area contributed by atoms with Crippen LogP contribution in [-0.2, 0) is 43.6 Å². The monoisotopic (exact) mass is 762 g/mol. The van der Waals surface area contributed by atoms with Gasteiger partial charge in [0, 0.05) is 29.5 Å². The summed E-state index contributed by atoms with van der Waals surface area (Å²) in [7, 11) is -3.67. The van der Waals surface area contributed by atoms with Crippen molar-refractivity contribution in [1.82, 2.24) is 25.2 Å². The molecule has 2 amide bonds. The number of piperidine rings is 1. The summed E-state index contributed by atoms with van der Waals surface area (Å²) in [6.45, 7) is 3.71. The Morgan fingerprint density at radius 2 is 1.79 bits per heavy atom. The number of rotatable bonds is 17. The number of halogens is 1. The first-order valence-corrected chi connectivity index (χ1v) is 19.1. The van der Waals surface area contributed by atoms with Crippen molar-refractivity contribution in [2.75, 3.05) is 44.6 Å². The first-order valence-electron chi connectivity index (χ1n) is 17.2. The second-order valence-corrected chi connectivity index (χ2v) is 15.0. The molecule has 1 saturated heterocycles. The smallest absolute Gasteiger partial charge is 0.264 e. The van der Waals surface area contributed by atoms with Gasteiger partial charge in [-0.25, -0.2) is 17.5 Å². The molecule has 3 aliphatic rings. The predicted octanol–water partition coefficient (Wildman–Crippen LogP) is 0.681. The van der Waals surface area contributed by atoms with E-state index < -0.39 is 58.7 Å². The summed E-state index contributed by atoms with van der Waals surface area (Å²) in [5.41, 5.74) is 1.84. The first kappa shape index (κ1) is 38.6. The molecule has 3 aromatic rings. The molecule has 6 rings (SSSR count). The summed E-state index contributed by atoms with van der Waals surface area (Å²) < 4.78 is 62.7. The summed E-state index contributed by atoms with van der Waals surface area (Å²) in [6, 6.07) is 6.88. The summed E-state index contributed by atoms with van der Waals surface area (Å²) in [6.07, 6.45) is -2.93. The van der Waals surface area contributed by atoms with E-state index in [1.165, 1.54) is 12.1 Å². The number of aliphatic hydroxyl groups excluding tert-OH is 3. The van der Waals surface area contributed by atoms with Crippen molar-refractivity contribution >= 4 is 27.3 Å². The third-order valence-electron chi connectivity index (χ3n) is 9.21. The lowest BCUT2D eigenvalue weighted by Crippen LogP contribution is -2.58. The van der Waals surface area contributed by atoms with Crippen LogP contribution < -0.4 is 15.4 Å². The maximum absolute atomic E-state index is 14.3. The highest BCUT2D eigenvalue weighted by molar-refractivity contribution is 7.90. The molecule has 0 radical (unpaired) electrons. The molecule has 2 aliphatic heterocycles. The Hall–Kier alpha value is -4.08. The molecule has 0 bridgehead atoms. The lowest BCUT2D eigenvalue weighted by molar-refractivity contribution is -0.0865. The number of hydrogen-bond acceptors (Lipinski definition) is 15. The van der Waals surface area contributed by atoms with Crippen LogP contribution in [0.4, 0.5) is 10.1 Å². The van der Waals surface area contributed by atoms with E-state index in [4.69, 9.17) is 18.9 Å². The second kappa shape index (κ2) is 16.5. The van der Waals surface area contributed by atoms with Crippen molar-refractivity contribution < 1.29 is 56.7 Å². The van der Waals surface area contributed by atoms with E-state index in [1.54, 1.807) is 36.0 Å². The predicted molar refractivity (Wildman–Crippen MR) is 183 cm³/mol. The van der Waals surface area contributed by atoms with Crippen LogP contribution in [0.25, 0.3) is 0 Å². The third-order valence-corrected chi connectivity index (χ3v) is 10.4. The van der Waals surface area contributed by atoms with E-state index in [0.717, 1.165) is 11.2 Å². The zero-order chi connectivity index (χ0) is 37.9. The van der Waals surface area contributed by atoms with Gasteiger partial charge in [0.05, 0.1) is 74.4 Å². The number of sulfone groups is 1. The average Bonchev–Trinajstić information content (AvgIpc) is 3.77. The van der Waals surface area contributed by atoms with Crippen LogP contribution in [0.15, 0.2) is 41.4 Å². The van der Waals surface area contributed by atoms with Gasteiger partial charge in [-0.3, -0.25) is 19.8 Å². The van der Waals surface area contributed by atoms with E-state index >= 15 is 0 Å². The number of nitrogens with zero attached hydrogens (tertiary/aromatic N) is 4. The Labute approximate surface area is 304 Å². The van der Waals surface area contributed by atoms with Gasteiger partial charge in [-0.05, 0) is 44.0 Å². The van der Waals surface area contributed by atoms with Gasteiger partial charge in [-0.1, -0.05) is 11.3 Å². The molecule has 53 heavy (non-hydrogen) atoms.